The van der Waals surface area contributed by atoms with E-state index in [1.54, 1.807) is 0 Å². The number of hydrogen-bond acceptors (Lipinski definition) is 3. The fraction of sp³-hybridized carbons (Fsp3) is 0.714. The maximum Gasteiger partial charge on any atom is 0.223 e. The van der Waals surface area contributed by atoms with Crippen LogP contribution >= 0.6 is 0 Å². The van der Waals surface area contributed by atoms with Crippen molar-refractivity contribution in [2.75, 3.05) is 6.54 Å². The summed E-state index contributed by atoms with van der Waals surface area (Å²) in [4.78, 5) is 14.3. The van der Waals surface area contributed by atoms with Gasteiger partial charge in [-0.05, 0) is 32.6 Å². The Balaban J connectivity index is 2.20. The monoisotopic (exact) mass is 250 g/mol. The molecule has 1 unspecified atom stereocenters. The lowest BCUT2D eigenvalue weighted by molar-refractivity contribution is -0.132. The number of hydrogen-bond donors (Lipinski definition) is 0. The van der Waals surface area contributed by atoms with Gasteiger partial charge in [0.05, 0.1) is 11.7 Å². The minimum atomic E-state index is 0.169. The van der Waals surface area contributed by atoms with Gasteiger partial charge in [0.25, 0.3) is 0 Å². The number of carbonyl (C=O) groups excluding carboxylic acids is 1. The lowest BCUT2D eigenvalue weighted by atomic mass is 10.0. The van der Waals surface area contributed by atoms with Crippen LogP contribution in [0.2, 0.25) is 0 Å². The highest BCUT2D eigenvalue weighted by atomic mass is 16.5. The second kappa shape index (κ2) is 5.12. The smallest absolute Gasteiger partial charge is 0.223 e. The van der Waals surface area contributed by atoms with Crippen molar-refractivity contribution in [2.45, 2.75) is 53.0 Å². The average molecular weight is 250 g/mol. The Kier molecular flexibility index (Phi) is 3.73. The molecule has 0 aliphatic carbocycles. The summed E-state index contributed by atoms with van der Waals surface area (Å²) in [6.07, 6.45) is 2.71. The summed E-state index contributed by atoms with van der Waals surface area (Å²) >= 11 is 0. The number of amides is 1. The molecule has 0 N–H and O–H groups in total. The Morgan fingerprint density at radius 1 is 1.50 bits per heavy atom. The number of carbonyl (C=O) groups is 1. The highest BCUT2D eigenvalue weighted by Gasteiger charge is 2.33. The molecular weight excluding hydrogens is 228 g/mol. The summed E-state index contributed by atoms with van der Waals surface area (Å²) in [5, 5.41) is 4.00. The van der Waals surface area contributed by atoms with Crippen molar-refractivity contribution < 1.29 is 9.32 Å². The van der Waals surface area contributed by atoms with Crippen LogP contribution in [0.1, 0.15) is 56.2 Å². The molecule has 0 aromatic carbocycles. The zero-order valence-electron chi connectivity index (χ0n) is 11.7. The number of likely N-dealkylation sites (tertiary alicyclic amines) is 1. The number of aromatic nitrogens is 1. The van der Waals surface area contributed by atoms with Crippen LogP contribution in [0.5, 0.6) is 0 Å². The summed E-state index contributed by atoms with van der Waals surface area (Å²) in [5.41, 5.74) is 2.03. The molecule has 1 saturated heterocycles. The van der Waals surface area contributed by atoms with E-state index in [0.717, 1.165) is 36.4 Å². The average Bonchev–Trinajstić information content (AvgIpc) is 2.84. The van der Waals surface area contributed by atoms with Crippen molar-refractivity contribution >= 4 is 5.91 Å². The Morgan fingerprint density at radius 2 is 2.22 bits per heavy atom. The molecule has 1 aromatic heterocycles. The maximum atomic E-state index is 12.3. The lowest BCUT2D eigenvalue weighted by Gasteiger charge is -2.25. The van der Waals surface area contributed by atoms with Crippen molar-refractivity contribution in [3.8, 4) is 0 Å². The van der Waals surface area contributed by atoms with Crippen molar-refractivity contribution in [3.05, 3.63) is 17.0 Å². The summed E-state index contributed by atoms with van der Waals surface area (Å²) in [6, 6.07) is 0.169. The number of rotatable bonds is 3. The van der Waals surface area contributed by atoms with Gasteiger partial charge in [-0.2, -0.15) is 0 Å². The zero-order chi connectivity index (χ0) is 13.3. The van der Waals surface area contributed by atoms with Gasteiger partial charge in [0, 0.05) is 18.5 Å². The first-order chi connectivity index (χ1) is 8.50. The Morgan fingerprint density at radius 3 is 2.78 bits per heavy atom. The summed E-state index contributed by atoms with van der Waals surface area (Å²) in [6.45, 7) is 8.91. The molecule has 18 heavy (non-hydrogen) atoms. The van der Waals surface area contributed by atoms with Crippen molar-refractivity contribution in [1.82, 2.24) is 10.1 Å². The Hall–Kier alpha value is -1.32. The summed E-state index contributed by atoms with van der Waals surface area (Å²) in [5.74, 6) is 1.51. The molecular formula is C14H22N2O2. The number of aryl methyl sites for hydroxylation is 2. The van der Waals surface area contributed by atoms with Gasteiger partial charge in [-0.3, -0.25) is 4.79 Å². The van der Waals surface area contributed by atoms with Crippen LogP contribution in [0.4, 0.5) is 0 Å². The molecule has 0 spiro atoms. The minimum absolute atomic E-state index is 0.169. The molecule has 0 saturated carbocycles. The zero-order valence-corrected chi connectivity index (χ0v) is 11.7. The molecule has 0 bridgehead atoms. The van der Waals surface area contributed by atoms with E-state index in [2.05, 4.69) is 19.0 Å². The third-order valence-electron chi connectivity index (χ3n) is 3.58. The standard InChI is InChI=1S/C14H22N2O2/c1-9(2)8-13(17)16-7-5-6-12(16)14-10(3)15-18-11(14)4/h9,12H,5-8H2,1-4H3. The highest BCUT2D eigenvalue weighted by molar-refractivity contribution is 5.77. The van der Waals surface area contributed by atoms with Gasteiger partial charge in [0.2, 0.25) is 5.91 Å². The predicted molar refractivity (Wildman–Crippen MR) is 69.1 cm³/mol. The van der Waals surface area contributed by atoms with Gasteiger partial charge in [0.1, 0.15) is 5.76 Å². The van der Waals surface area contributed by atoms with Gasteiger partial charge < -0.3 is 9.42 Å². The molecule has 0 radical (unpaired) electrons. The van der Waals surface area contributed by atoms with E-state index in [4.69, 9.17) is 4.52 Å². The molecule has 1 amide bonds. The van der Waals surface area contributed by atoms with Crippen LogP contribution < -0.4 is 0 Å². The largest absolute Gasteiger partial charge is 0.361 e. The van der Waals surface area contributed by atoms with Crippen LogP contribution in [0, 0.1) is 19.8 Å². The quantitative estimate of drug-likeness (QED) is 0.828. The van der Waals surface area contributed by atoms with E-state index in [1.165, 1.54) is 0 Å². The third kappa shape index (κ3) is 2.42. The Labute approximate surface area is 108 Å². The van der Waals surface area contributed by atoms with Crippen molar-refractivity contribution in [3.63, 3.8) is 0 Å². The first kappa shape index (κ1) is 13.1. The van der Waals surface area contributed by atoms with Gasteiger partial charge in [-0.1, -0.05) is 19.0 Å². The van der Waals surface area contributed by atoms with Gasteiger partial charge in [-0.15, -0.1) is 0 Å². The number of nitrogens with zero attached hydrogens (tertiary/aromatic N) is 2. The van der Waals surface area contributed by atoms with Crippen molar-refractivity contribution in [1.29, 1.82) is 0 Å². The predicted octanol–water partition coefficient (Wildman–Crippen LogP) is 3.00. The minimum Gasteiger partial charge on any atom is -0.361 e. The van der Waals surface area contributed by atoms with E-state index >= 15 is 0 Å². The fourth-order valence-corrected chi connectivity index (χ4v) is 2.80. The molecule has 1 aliphatic rings. The van der Waals surface area contributed by atoms with E-state index in [0.29, 0.717) is 12.3 Å². The molecule has 1 aromatic rings. The van der Waals surface area contributed by atoms with Crippen LogP contribution in [0.25, 0.3) is 0 Å². The first-order valence-electron chi connectivity index (χ1n) is 6.73. The molecule has 4 nitrogen and oxygen atoms in total. The van der Waals surface area contributed by atoms with Crippen molar-refractivity contribution in [2.24, 2.45) is 5.92 Å². The topological polar surface area (TPSA) is 46.3 Å². The molecule has 1 fully saturated rings. The molecule has 100 valence electrons. The van der Waals surface area contributed by atoms with E-state index in [1.807, 2.05) is 18.7 Å². The highest BCUT2D eigenvalue weighted by Crippen LogP contribution is 2.36. The SMILES string of the molecule is Cc1noc(C)c1C1CCCN1C(=O)CC(C)C. The summed E-state index contributed by atoms with van der Waals surface area (Å²) in [7, 11) is 0. The second-order valence-corrected chi connectivity index (χ2v) is 5.58. The first-order valence-corrected chi connectivity index (χ1v) is 6.73. The molecule has 1 aliphatic heterocycles. The van der Waals surface area contributed by atoms with Crippen LogP contribution in [-0.4, -0.2) is 22.5 Å². The van der Waals surface area contributed by atoms with Crippen LogP contribution in [-0.2, 0) is 4.79 Å². The Bertz CT molecular complexity index is 418. The maximum absolute atomic E-state index is 12.3. The van der Waals surface area contributed by atoms with Crippen LogP contribution in [0.3, 0.4) is 0 Å². The molecule has 2 rings (SSSR count). The molecule has 1 atom stereocenters. The molecule has 2 heterocycles. The van der Waals surface area contributed by atoms with Crippen LogP contribution in [0.15, 0.2) is 4.52 Å². The lowest BCUT2D eigenvalue weighted by Crippen LogP contribution is -2.31. The third-order valence-corrected chi connectivity index (χ3v) is 3.58. The van der Waals surface area contributed by atoms with E-state index in [9.17, 15) is 4.79 Å². The summed E-state index contributed by atoms with van der Waals surface area (Å²) < 4.78 is 5.23. The normalized spacial score (nSPS) is 19.8. The van der Waals surface area contributed by atoms with E-state index in [-0.39, 0.29) is 11.9 Å². The van der Waals surface area contributed by atoms with Gasteiger partial charge in [0.15, 0.2) is 0 Å². The van der Waals surface area contributed by atoms with Gasteiger partial charge in [-0.25, -0.2) is 0 Å². The van der Waals surface area contributed by atoms with Gasteiger partial charge >= 0.3 is 0 Å². The van der Waals surface area contributed by atoms with E-state index < -0.39 is 0 Å². The second-order valence-electron chi connectivity index (χ2n) is 5.58. The fourth-order valence-electron chi connectivity index (χ4n) is 2.80. The molecule has 4 heteroatoms.